The molecule has 2 aromatic rings. The monoisotopic (exact) mass is 276 g/mol. The number of hydrogen-bond acceptors (Lipinski definition) is 1. The van der Waals surface area contributed by atoms with Crippen molar-refractivity contribution in [3.63, 3.8) is 0 Å². The number of nitrogens with zero attached hydrogens (tertiary/aromatic N) is 1. The minimum absolute atomic E-state index is 0.0159. The van der Waals surface area contributed by atoms with E-state index in [0.717, 1.165) is 12.3 Å². The van der Waals surface area contributed by atoms with E-state index in [-0.39, 0.29) is 5.54 Å². The Labute approximate surface area is 125 Å². The average Bonchev–Trinajstić information content (AvgIpc) is 3.11. The Hall–Kier alpha value is -1.80. The van der Waals surface area contributed by atoms with Gasteiger partial charge in [-0.15, -0.1) is 0 Å². The van der Waals surface area contributed by atoms with Crippen molar-refractivity contribution < 1.29 is 0 Å². The lowest BCUT2D eigenvalue weighted by atomic mass is 9.66. The Morgan fingerprint density at radius 1 is 1.05 bits per heavy atom. The highest BCUT2D eigenvalue weighted by atomic mass is 14.9. The quantitative estimate of drug-likeness (QED) is 0.835. The van der Waals surface area contributed by atoms with Gasteiger partial charge in [0.1, 0.15) is 0 Å². The molecule has 1 aromatic heterocycles. The van der Waals surface area contributed by atoms with Crippen LogP contribution in [-0.2, 0) is 5.41 Å². The van der Waals surface area contributed by atoms with Gasteiger partial charge >= 0.3 is 0 Å². The number of rotatable bonds is 2. The van der Waals surface area contributed by atoms with Crippen LogP contribution < -0.4 is 5.73 Å². The van der Waals surface area contributed by atoms with Gasteiger partial charge in [0, 0.05) is 29.0 Å². The molecule has 4 aliphatic rings. The lowest BCUT2D eigenvalue weighted by Crippen LogP contribution is -2.43. The maximum absolute atomic E-state index is 6.64. The predicted octanol–water partition coefficient (Wildman–Crippen LogP) is 3.56. The second-order valence-electron chi connectivity index (χ2n) is 7.29. The second-order valence-corrected chi connectivity index (χ2v) is 7.29. The molecular weight excluding hydrogens is 256 g/mol. The summed E-state index contributed by atoms with van der Waals surface area (Å²) in [6.45, 7) is 0. The smallest absolute Gasteiger partial charge is 0.0449 e. The molecule has 0 amide bonds. The molecule has 6 rings (SSSR count). The van der Waals surface area contributed by atoms with Crippen LogP contribution >= 0.6 is 0 Å². The molecule has 2 heteroatoms. The van der Waals surface area contributed by atoms with Crippen LogP contribution in [0.2, 0.25) is 0 Å². The van der Waals surface area contributed by atoms with Gasteiger partial charge < -0.3 is 10.3 Å². The van der Waals surface area contributed by atoms with E-state index in [9.17, 15) is 0 Å². The van der Waals surface area contributed by atoms with E-state index in [1.165, 1.54) is 36.1 Å². The van der Waals surface area contributed by atoms with Crippen LogP contribution in [0.3, 0.4) is 0 Å². The second kappa shape index (κ2) is 3.69. The Balaban J connectivity index is 1.53. The van der Waals surface area contributed by atoms with Gasteiger partial charge in [0.05, 0.1) is 0 Å². The largest absolute Gasteiger partial charge is 0.324 e. The summed E-state index contributed by atoms with van der Waals surface area (Å²) < 4.78 is 2.16. The number of aromatic nitrogens is 1. The Morgan fingerprint density at radius 3 is 2.48 bits per heavy atom. The molecule has 4 aliphatic carbocycles. The van der Waals surface area contributed by atoms with Gasteiger partial charge in [0.15, 0.2) is 0 Å². The first-order chi connectivity index (χ1) is 10.2. The van der Waals surface area contributed by atoms with E-state index in [0.29, 0.717) is 5.41 Å². The van der Waals surface area contributed by atoms with Crippen LogP contribution in [0.25, 0.3) is 5.69 Å². The average molecular weight is 276 g/mol. The summed E-state index contributed by atoms with van der Waals surface area (Å²) in [7, 11) is 0. The van der Waals surface area contributed by atoms with Crippen molar-refractivity contribution in [2.45, 2.75) is 36.6 Å². The number of nitrogens with two attached hydrogens (primary N) is 1. The molecule has 2 nitrogen and oxygen atoms in total. The Bertz CT molecular complexity index is 725. The first kappa shape index (κ1) is 11.8. The van der Waals surface area contributed by atoms with Crippen molar-refractivity contribution in [3.8, 4) is 5.69 Å². The summed E-state index contributed by atoms with van der Waals surface area (Å²) in [4.78, 5) is 0. The zero-order valence-corrected chi connectivity index (χ0v) is 12.1. The summed E-state index contributed by atoms with van der Waals surface area (Å²) in [5.41, 5.74) is 11.2. The lowest BCUT2D eigenvalue weighted by molar-refractivity contribution is 0.245. The highest BCUT2D eigenvalue weighted by Gasteiger charge is 2.58. The van der Waals surface area contributed by atoms with Gasteiger partial charge in [-0.3, -0.25) is 0 Å². The summed E-state index contributed by atoms with van der Waals surface area (Å²) in [5, 5.41) is 0. The molecule has 4 bridgehead atoms. The molecule has 0 spiro atoms. The molecule has 3 unspecified atom stereocenters. The van der Waals surface area contributed by atoms with Crippen molar-refractivity contribution in [3.05, 3.63) is 66.0 Å². The molecule has 106 valence electrons. The summed E-state index contributed by atoms with van der Waals surface area (Å²) in [5.74, 6) is 0.719. The molecule has 3 atom stereocenters. The van der Waals surface area contributed by atoms with E-state index >= 15 is 0 Å². The predicted molar refractivity (Wildman–Crippen MR) is 84.4 cm³/mol. The van der Waals surface area contributed by atoms with Crippen LogP contribution in [0.1, 0.15) is 31.2 Å². The fraction of sp³-hybridized carbons (Fsp3) is 0.368. The van der Waals surface area contributed by atoms with Gasteiger partial charge in [-0.05, 0) is 61.4 Å². The summed E-state index contributed by atoms with van der Waals surface area (Å²) in [6, 6.07) is 13.3. The van der Waals surface area contributed by atoms with Crippen LogP contribution in [0.5, 0.6) is 0 Å². The zero-order valence-electron chi connectivity index (χ0n) is 12.1. The Kier molecular flexibility index (Phi) is 2.08. The van der Waals surface area contributed by atoms with E-state index < -0.39 is 0 Å². The Morgan fingerprint density at radius 2 is 1.81 bits per heavy atom. The molecule has 1 heterocycles. The molecule has 1 aromatic carbocycles. The highest BCUT2D eigenvalue weighted by Crippen LogP contribution is 2.62. The standard InChI is InChI=1S/C19H20N2/c20-19-11-14-9-16(19)12-18(10-14,13-19)15-3-5-17(6-4-15)21-7-1-2-8-21/h1-9,14H,10-13,20H2. The lowest BCUT2D eigenvalue weighted by Gasteiger charge is -2.39. The molecule has 0 saturated heterocycles. The molecular formula is C19H20N2. The summed E-state index contributed by atoms with van der Waals surface area (Å²) >= 11 is 0. The van der Waals surface area contributed by atoms with E-state index in [1.807, 2.05) is 0 Å². The maximum atomic E-state index is 6.64. The van der Waals surface area contributed by atoms with Gasteiger partial charge in [-0.1, -0.05) is 23.8 Å². The topological polar surface area (TPSA) is 30.9 Å². The first-order valence-corrected chi connectivity index (χ1v) is 7.91. The highest BCUT2D eigenvalue weighted by molar-refractivity contribution is 5.47. The maximum Gasteiger partial charge on any atom is 0.0449 e. The van der Waals surface area contributed by atoms with Gasteiger partial charge in [-0.25, -0.2) is 0 Å². The third-order valence-electron chi connectivity index (χ3n) is 5.92. The first-order valence-electron chi connectivity index (χ1n) is 7.91. The summed E-state index contributed by atoms with van der Waals surface area (Å²) in [6.07, 6.45) is 11.5. The normalized spacial score (nSPS) is 36.2. The third kappa shape index (κ3) is 1.51. The number of benzene rings is 1. The van der Waals surface area contributed by atoms with E-state index in [2.05, 4.69) is 59.4 Å². The van der Waals surface area contributed by atoms with Crippen LogP contribution in [0.4, 0.5) is 0 Å². The van der Waals surface area contributed by atoms with Gasteiger partial charge in [0.2, 0.25) is 0 Å². The van der Waals surface area contributed by atoms with Crippen molar-refractivity contribution in [1.82, 2.24) is 4.57 Å². The SMILES string of the molecule is NC12CC3C=C1CC(c1ccc(-n4cccc4)cc1)(C3)C2. The van der Waals surface area contributed by atoms with Crippen molar-refractivity contribution in [2.75, 3.05) is 0 Å². The third-order valence-corrected chi connectivity index (χ3v) is 5.92. The fourth-order valence-electron chi connectivity index (χ4n) is 5.15. The zero-order chi connectivity index (χ0) is 14.1. The molecule has 0 radical (unpaired) electrons. The van der Waals surface area contributed by atoms with Crippen LogP contribution in [0.15, 0.2) is 60.4 Å². The van der Waals surface area contributed by atoms with Crippen molar-refractivity contribution in [2.24, 2.45) is 11.7 Å². The minimum Gasteiger partial charge on any atom is -0.324 e. The van der Waals surface area contributed by atoms with Crippen molar-refractivity contribution >= 4 is 0 Å². The number of allylic oxidation sites excluding steroid dienone is 1. The molecule has 0 aliphatic heterocycles. The fourth-order valence-corrected chi connectivity index (χ4v) is 5.15. The van der Waals surface area contributed by atoms with Gasteiger partial charge in [0.25, 0.3) is 0 Å². The number of hydrogen-bond donors (Lipinski definition) is 1. The van der Waals surface area contributed by atoms with Crippen molar-refractivity contribution in [1.29, 1.82) is 0 Å². The minimum atomic E-state index is 0.0159. The van der Waals surface area contributed by atoms with E-state index in [4.69, 9.17) is 5.73 Å². The van der Waals surface area contributed by atoms with Gasteiger partial charge in [-0.2, -0.15) is 0 Å². The molecule has 21 heavy (non-hydrogen) atoms. The van der Waals surface area contributed by atoms with Crippen LogP contribution in [-0.4, -0.2) is 10.1 Å². The van der Waals surface area contributed by atoms with E-state index in [1.54, 1.807) is 0 Å². The van der Waals surface area contributed by atoms with Crippen LogP contribution in [0, 0.1) is 5.92 Å². The molecule has 2 fully saturated rings. The molecule has 2 N–H and O–H groups in total. The molecule has 2 saturated carbocycles.